The highest BCUT2D eigenvalue weighted by molar-refractivity contribution is 5.25. The number of hydrogen-bond donors (Lipinski definition) is 0. The number of aromatic nitrogens is 1. The molecule has 0 aromatic carbocycles. The maximum absolute atomic E-state index is 13.1. The van der Waals surface area contributed by atoms with E-state index in [1.54, 1.807) is 29.1 Å². The van der Waals surface area contributed by atoms with Crippen LogP contribution in [0.2, 0.25) is 0 Å². The lowest BCUT2D eigenvalue weighted by atomic mass is 10.2. The minimum Gasteiger partial charge on any atom is -0.340 e. The van der Waals surface area contributed by atoms with Crippen LogP contribution in [0.3, 0.4) is 0 Å². The fourth-order valence-electron chi connectivity index (χ4n) is 1.25. The smallest absolute Gasteiger partial charge is 0.172 e. The molecular formula is C10H7F2N. The zero-order valence-electron chi connectivity index (χ0n) is 6.74. The van der Waals surface area contributed by atoms with Crippen LogP contribution in [0.4, 0.5) is 8.78 Å². The van der Waals surface area contributed by atoms with Gasteiger partial charge < -0.3 is 4.57 Å². The molecule has 3 heteroatoms. The first-order chi connectivity index (χ1) is 6.27. The second kappa shape index (κ2) is 3.04. The first kappa shape index (κ1) is 8.02. The van der Waals surface area contributed by atoms with Crippen LogP contribution in [0.5, 0.6) is 0 Å². The van der Waals surface area contributed by atoms with Gasteiger partial charge in [0.1, 0.15) is 6.04 Å². The number of nitrogens with zero attached hydrogens (tertiary/aromatic N) is 1. The molecule has 1 heterocycles. The lowest BCUT2D eigenvalue weighted by molar-refractivity contribution is 0.503. The van der Waals surface area contributed by atoms with Crippen LogP contribution in [-0.4, -0.2) is 4.57 Å². The summed E-state index contributed by atoms with van der Waals surface area (Å²) in [5.41, 5.74) is 2.01. The van der Waals surface area contributed by atoms with Gasteiger partial charge in [0.05, 0.1) is 0 Å². The van der Waals surface area contributed by atoms with Gasteiger partial charge in [-0.2, -0.15) is 8.78 Å². The predicted molar refractivity (Wildman–Crippen MR) is 45.4 cm³/mol. The Hall–Kier alpha value is -1.60. The molecular weight excluding hydrogens is 172 g/mol. The van der Waals surface area contributed by atoms with Gasteiger partial charge in [-0.1, -0.05) is 6.08 Å². The lowest BCUT2D eigenvalue weighted by Gasteiger charge is -2.12. The highest BCUT2D eigenvalue weighted by Crippen LogP contribution is 2.24. The summed E-state index contributed by atoms with van der Waals surface area (Å²) in [5, 5.41) is 0. The summed E-state index contributed by atoms with van der Waals surface area (Å²) in [6.45, 7) is 0. The Morgan fingerprint density at radius 1 is 1.23 bits per heavy atom. The van der Waals surface area contributed by atoms with Gasteiger partial charge in [0, 0.05) is 12.4 Å². The van der Waals surface area contributed by atoms with E-state index >= 15 is 0 Å². The minimum absolute atomic E-state index is 0.547. The molecule has 2 rings (SSSR count). The maximum Gasteiger partial charge on any atom is 0.172 e. The topological polar surface area (TPSA) is 4.93 Å². The molecule has 0 saturated heterocycles. The molecule has 0 bridgehead atoms. The van der Waals surface area contributed by atoms with Crippen LogP contribution in [0.25, 0.3) is 0 Å². The summed E-state index contributed by atoms with van der Waals surface area (Å²) in [5.74, 6) is -1.27. The van der Waals surface area contributed by atoms with E-state index in [0.717, 1.165) is 0 Å². The first-order valence-corrected chi connectivity index (χ1v) is 3.90. The van der Waals surface area contributed by atoms with Crippen LogP contribution < -0.4 is 0 Å². The average molecular weight is 179 g/mol. The standard InChI is InChI=1S/C10H7F2N/c11-8-3-4-10(9(12)7-8)13-5-1-2-6-13/h1-6,10H. The van der Waals surface area contributed by atoms with E-state index in [2.05, 4.69) is 0 Å². The highest BCUT2D eigenvalue weighted by atomic mass is 19.1. The predicted octanol–water partition coefficient (Wildman–Crippen LogP) is 2.90. The molecule has 0 amide bonds. The van der Waals surface area contributed by atoms with Gasteiger partial charge in [0.2, 0.25) is 0 Å². The van der Waals surface area contributed by atoms with Crippen molar-refractivity contribution in [2.24, 2.45) is 0 Å². The van der Waals surface area contributed by atoms with Crippen LogP contribution >= 0.6 is 0 Å². The third kappa shape index (κ3) is 1.46. The van der Waals surface area contributed by atoms with Crippen molar-refractivity contribution in [1.29, 1.82) is 0 Å². The summed E-state index contributed by atoms with van der Waals surface area (Å²) in [7, 11) is 0. The Labute approximate surface area is 74.3 Å². The van der Waals surface area contributed by atoms with Crippen molar-refractivity contribution >= 4 is 0 Å². The second-order valence-corrected chi connectivity index (χ2v) is 2.76. The molecule has 0 fully saturated rings. The number of halogens is 2. The summed E-state index contributed by atoms with van der Waals surface area (Å²) in [6, 6.07) is 3.03. The fraction of sp³-hybridized carbons (Fsp3) is 0.100. The van der Waals surface area contributed by atoms with E-state index in [4.69, 9.17) is 0 Å². The van der Waals surface area contributed by atoms with Crippen LogP contribution in [0, 0.1) is 0 Å². The van der Waals surface area contributed by atoms with Crippen molar-refractivity contribution < 1.29 is 8.78 Å². The molecule has 1 aliphatic carbocycles. The molecule has 0 N–H and O–H groups in total. The van der Waals surface area contributed by atoms with Crippen LogP contribution in [0.15, 0.2) is 54.1 Å². The molecule has 66 valence electrons. The van der Waals surface area contributed by atoms with E-state index in [1.807, 2.05) is 5.73 Å². The molecule has 1 aromatic rings. The Morgan fingerprint density at radius 3 is 2.54 bits per heavy atom. The Kier molecular flexibility index (Phi) is 1.87. The average Bonchev–Trinajstić information content (AvgIpc) is 2.56. The Bertz CT molecular complexity index is 395. The Morgan fingerprint density at radius 2 is 1.92 bits per heavy atom. The normalized spacial score (nSPS) is 21.2. The van der Waals surface area contributed by atoms with E-state index in [9.17, 15) is 8.78 Å². The third-order valence-electron chi connectivity index (χ3n) is 1.87. The molecule has 0 aliphatic heterocycles. The van der Waals surface area contributed by atoms with Crippen molar-refractivity contribution in [3.05, 3.63) is 54.1 Å². The molecule has 13 heavy (non-hydrogen) atoms. The van der Waals surface area contributed by atoms with Crippen LogP contribution in [-0.2, 0) is 0 Å². The minimum atomic E-state index is -0.666. The largest absolute Gasteiger partial charge is 0.340 e. The zero-order valence-corrected chi connectivity index (χ0v) is 6.74. The van der Waals surface area contributed by atoms with Gasteiger partial charge in [-0.3, -0.25) is 0 Å². The summed E-state index contributed by atoms with van der Waals surface area (Å²) >= 11 is 0. The van der Waals surface area contributed by atoms with Gasteiger partial charge in [-0.25, -0.2) is 0 Å². The third-order valence-corrected chi connectivity index (χ3v) is 1.87. The van der Waals surface area contributed by atoms with Gasteiger partial charge >= 0.3 is 0 Å². The van der Waals surface area contributed by atoms with Crippen molar-refractivity contribution in [2.75, 3.05) is 0 Å². The van der Waals surface area contributed by atoms with Gasteiger partial charge in [-0.05, 0) is 23.9 Å². The quantitative estimate of drug-likeness (QED) is 0.584. The van der Waals surface area contributed by atoms with Gasteiger partial charge in [0.25, 0.3) is 0 Å². The second-order valence-electron chi connectivity index (χ2n) is 2.76. The van der Waals surface area contributed by atoms with E-state index < -0.39 is 17.7 Å². The first-order valence-electron chi connectivity index (χ1n) is 3.90. The van der Waals surface area contributed by atoms with E-state index in [-0.39, 0.29) is 0 Å². The Balaban J connectivity index is 2.40. The van der Waals surface area contributed by atoms with Crippen LogP contribution in [0.1, 0.15) is 6.04 Å². The van der Waals surface area contributed by atoms with E-state index in [1.165, 1.54) is 12.2 Å². The van der Waals surface area contributed by atoms with Crippen molar-refractivity contribution in [3.63, 3.8) is 0 Å². The van der Waals surface area contributed by atoms with Crippen molar-refractivity contribution in [1.82, 2.24) is 4.57 Å². The summed E-state index contributed by atoms with van der Waals surface area (Å²) in [6.07, 6.45) is 6.12. The molecule has 1 nitrogen and oxygen atoms in total. The lowest BCUT2D eigenvalue weighted by Crippen LogP contribution is -2.05. The van der Waals surface area contributed by atoms with Crippen molar-refractivity contribution in [3.8, 4) is 0 Å². The maximum atomic E-state index is 13.1. The molecule has 0 radical (unpaired) electrons. The molecule has 1 atom stereocenters. The van der Waals surface area contributed by atoms with Crippen molar-refractivity contribution in [2.45, 2.75) is 6.04 Å². The number of hydrogen-bond acceptors (Lipinski definition) is 0. The SMILES string of the molecule is FC1=C=C(F)C(n2cccc2)C=C1. The summed E-state index contributed by atoms with van der Waals surface area (Å²) < 4.78 is 27.3. The highest BCUT2D eigenvalue weighted by Gasteiger charge is 2.15. The molecule has 1 aliphatic rings. The number of allylic oxidation sites excluding steroid dienone is 3. The fourth-order valence-corrected chi connectivity index (χ4v) is 1.25. The molecule has 1 unspecified atom stereocenters. The van der Waals surface area contributed by atoms with E-state index in [0.29, 0.717) is 0 Å². The summed E-state index contributed by atoms with van der Waals surface area (Å²) in [4.78, 5) is 0. The molecule has 1 aromatic heterocycles. The zero-order chi connectivity index (χ0) is 9.26. The molecule has 0 spiro atoms. The number of rotatable bonds is 1. The monoisotopic (exact) mass is 179 g/mol. The molecule has 0 saturated carbocycles. The van der Waals surface area contributed by atoms with Gasteiger partial charge in [0.15, 0.2) is 11.7 Å². The van der Waals surface area contributed by atoms with Gasteiger partial charge in [-0.15, -0.1) is 0 Å².